The number of hydrogen-bond donors (Lipinski definition) is 1. The van der Waals surface area contributed by atoms with Crippen LogP contribution in [0.5, 0.6) is 5.75 Å². The number of ether oxygens (including phenoxy) is 1. The van der Waals surface area contributed by atoms with E-state index in [4.69, 9.17) is 4.74 Å². The maximum absolute atomic E-state index is 5.65. The maximum atomic E-state index is 5.65. The standard InChI is InChI=1S/C17H23N3O/c1-4-21-16-8-6-5-7-15(16)17-19-10-9-14(20-17)12-18-11-13(2)3/h5-10,13,18H,4,11-12H2,1-3H3. The SMILES string of the molecule is CCOc1ccccc1-c1nccc(CNCC(C)C)n1. The molecule has 0 radical (unpaired) electrons. The quantitative estimate of drug-likeness (QED) is 0.848. The van der Waals surface area contributed by atoms with Gasteiger partial charge in [-0.3, -0.25) is 0 Å². The predicted molar refractivity (Wildman–Crippen MR) is 85.2 cm³/mol. The zero-order valence-electron chi connectivity index (χ0n) is 13.0. The number of rotatable bonds is 7. The zero-order valence-corrected chi connectivity index (χ0v) is 13.0. The summed E-state index contributed by atoms with van der Waals surface area (Å²) in [5, 5.41) is 3.40. The van der Waals surface area contributed by atoms with Gasteiger partial charge in [-0.25, -0.2) is 9.97 Å². The van der Waals surface area contributed by atoms with Crippen LogP contribution in [-0.4, -0.2) is 23.1 Å². The Morgan fingerprint density at radius 3 is 2.76 bits per heavy atom. The van der Waals surface area contributed by atoms with Crippen LogP contribution in [0, 0.1) is 5.92 Å². The van der Waals surface area contributed by atoms with Crippen LogP contribution in [0.25, 0.3) is 11.4 Å². The summed E-state index contributed by atoms with van der Waals surface area (Å²) in [7, 11) is 0. The molecular weight excluding hydrogens is 262 g/mol. The molecule has 4 heteroatoms. The zero-order chi connectivity index (χ0) is 15.1. The molecule has 0 aliphatic heterocycles. The lowest BCUT2D eigenvalue weighted by atomic mass is 10.2. The highest BCUT2D eigenvalue weighted by molar-refractivity contribution is 5.63. The number of hydrogen-bond acceptors (Lipinski definition) is 4. The normalized spacial score (nSPS) is 10.9. The molecule has 1 aromatic carbocycles. The highest BCUT2D eigenvalue weighted by Crippen LogP contribution is 2.26. The van der Waals surface area contributed by atoms with E-state index >= 15 is 0 Å². The molecule has 1 aromatic heterocycles. The summed E-state index contributed by atoms with van der Waals surface area (Å²) in [6.07, 6.45) is 1.80. The summed E-state index contributed by atoms with van der Waals surface area (Å²) in [4.78, 5) is 9.01. The lowest BCUT2D eigenvalue weighted by Crippen LogP contribution is -2.19. The van der Waals surface area contributed by atoms with E-state index in [1.54, 1.807) is 6.20 Å². The van der Waals surface area contributed by atoms with Crippen LogP contribution in [0.4, 0.5) is 0 Å². The van der Waals surface area contributed by atoms with Gasteiger partial charge in [-0.1, -0.05) is 26.0 Å². The second-order valence-electron chi connectivity index (χ2n) is 5.33. The van der Waals surface area contributed by atoms with Crippen LogP contribution >= 0.6 is 0 Å². The van der Waals surface area contributed by atoms with E-state index < -0.39 is 0 Å². The Bertz CT molecular complexity index is 569. The third kappa shape index (κ3) is 4.53. The molecule has 0 atom stereocenters. The molecule has 0 saturated heterocycles. The van der Waals surface area contributed by atoms with E-state index in [1.807, 2.05) is 37.3 Å². The van der Waals surface area contributed by atoms with Crippen molar-refractivity contribution in [2.75, 3.05) is 13.2 Å². The predicted octanol–water partition coefficient (Wildman–Crippen LogP) is 3.29. The van der Waals surface area contributed by atoms with Crippen molar-refractivity contribution in [3.63, 3.8) is 0 Å². The molecule has 0 amide bonds. The number of para-hydroxylation sites is 1. The fourth-order valence-electron chi connectivity index (χ4n) is 2.05. The Morgan fingerprint density at radius 1 is 1.19 bits per heavy atom. The van der Waals surface area contributed by atoms with E-state index in [9.17, 15) is 0 Å². The van der Waals surface area contributed by atoms with Crippen LogP contribution < -0.4 is 10.1 Å². The highest BCUT2D eigenvalue weighted by Gasteiger charge is 2.09. The van der Waals surface area contributed by atoms with Crippen molar-refractivity contribution in [2.45, 2.75) is 27.3 Å². The number of nitrogens with one attached hydrogen (secondary N) is 1. The van der Waals surface area contributed by atoms with Crippen LogP contribution in [-0.2, 0) is 6.54 Å². The van der Waals surface area contributed by atoms with Gasteiger partial charge in [0.15, 0.2) is 5.82 Å². The monoisotopic (exact) mass is 285 g/mol. The van der Waals surface area contributed by atoms with Gasteiger partial charge in [0, 0.05) is 12.7 Å². The highest BCUT2D eigenvalue weighted by atomic mass is 16.5. The lowest BCUT2D eigenvalue weighted by Gasteiger charge is -2.10. The van der Waals surface area contributed by atoms with Gasteiger partial charge < -0.3 is 10.1 Å². The Balaban J connectivity index is 2.17. The smallest absolute Gasteiger partial charge is 0.163 e. The van der Waals surface area contributed by atoms with Crippen LogP contribution in [0.3, 0.4) is 0 Å². The van der Waals surface area contributed by atoms with Crippen molar-refractivity contribution in [1.29, 1.82) is 0 Å². The first kappa shape index (κ1) is 15.4. The number of benzene rings is 1. The summed E-state index contributed by atoms with van der Waals surface area (Å²) in [5.41, 5.74) is 1.93. The first-order valence-electron chi connectivity index (χ1n) is 7.45. The molecule has 1 N–H and O–H groups in total. The second kappa shape index (κ2) is 7.74. The van der Waals surface area contributed by atoms with Gasteiger partial charge in [-0.2, -0.15) is 0 Å². The van der Waals surface area contributed by atoms with Crippen molar-refractivity contribution >= 4 is 0 Å². The largest absolute Gasteiger partial charge is 0.493 e. The molecule has 2 aromatic rings. The summed E-state index contributed by atoms with van der Waals surface area (Å²) in [6, 6.07) is 9.82. The third-order valence-electron chi connectivity index (χ3n) is 3.00. The number of nitrogens with zero attached hydrogens (tertiary/aromatic N) is 2. The van der Waals surface area contributed by atoms with E-state index in [1.165, 1.54) is 0 Å². The summed E-state index contributed by atoms with van der Waals surface area (Å²) >= 11 is 0. The molecule has 0 unspecified atom stereocenters. The molecule has 0 fully saturated rings. The van der Waals surface area contributed by atoms with Crippen LogP contribution in [0.15, 0.2) is 36.5 Å². The van der Waals surface area contributed by atoms with Gasteiger partial charge in [-0.15, -0.1) is 0 Å². The van der Waals surface area contributed by atoms with Gasteiger partial charge in [0.1, 0.15) is 5.75 Å². The number of aromatic nitrogens is 2. The fourth-order valence-corrected chi connectivity index (χ4v) is 2.05. The average molecular weight is 285 g/mol. The summed E-state index contributed by atoms with van der Waals surface area (Å²) in [6.45, 7) is 8.73. The third-order valence-corrected chi connectivity index (χ3v) is 3.00. The molecular formula is C17H23N3O. The molecule has 0 saturated carbocycles. The molecule has 21 heavy (non-hydrogen) atoms. The fraction of sp³-hybridized carbons (Fsp3) is 0.412. The minimum Gasteiger partial charge on any atom is -0.493 e. The van der Waals surface area contributed by atoms with Crippen LogP contribution in [0.2, 0.25) is 0 Å². The average Bonchev–Trinajstić information content (AvgIpc) is 2.48. The van der Waals surface area contributed by atoms with Gasteiger partial charge >= 0.3 is 0 Å². The molecule has 0 aliphatic rings. The van der Waals surface area contributed by atoms with Gasteiger partial charge in [0.05, 0.1) is 17.9 Å². The Kier molecular flexibility index (Phi) is 5.69. The Hall–Kier alpha value is -1.94. The van der Waals surface area contributed by atoms with Crippen molar-refractivity contribution in [2.24, 2.45) is 5.92 Å². The van der Waals surface area contributed by atoms with Crippen molar-refractivity contribution in [1.82, 2.24) is 15.3 Å². The van der Waals surface area contributed by atoms with Crippen molar-refractivity contribution in [3.05, 3.63) is 42.2 Å². The lowest BCUT2D eigenvalue weighted by molar-refractivity contribution is 0.341. The van der Waals surface area contributed by atoms with E-state index in [-0.39, 0.29) is 0 Å². The molecule has 4 nitrogen and oxygen atoms in total. The Labute approximate surface area is 126 Å². The second-order valence-corrected chi connectivity index (χ2v) is 5.33. The van der Waals surface area contributed by atoms with Crippen LogP contribution in [0.1, 0.15) is 26.5 Å². The van der Waals surface area contributed by atoms with Crippen molar-refractivity contribution < 1.29 is 4.74 Å². The molecule has 0 spiro atoms. The maximum Gasteiger partial charge on any atom is 0.163 e. The van der Waals surface area contributed by atoms with E-state index in [0.717, 1.165) is 30.1 Å². The molecule has 0 bridgehead atoms. The van der Waals surface area contributed by atoms with Gasteiger partial charge in [0.25, 0.3) is 0 Å². The molecule has 2 rings (SSSR count). The first-order chi connectivity index (χ1) is 10.2. The first-order valence-corrected chi connectivity index (χ1v) is 7.45. The molecule has 1 heterocycles. The molecule has 112 valence electrons. The van der Waals surface area contributed by atoms with E-state index in [2.05, 4.69) is 29.1 Å². The van der Waals surface area contributed by atoms with E-state index in [0.29, 0.717) is 18.3 Å². The summed E-state index contributed by atoms with van der Waals surface area (Å²) < 4.78 is 5.65. The van der Waals surface area contributed by atoms with Gasteiger partial charge in [-0.05, 0) is 37.6 Å². The van der Waals surface area contributed by atoms with Crippen molar-refractivity contribution in [3.8, 4) is 17.1 Å². The topological polar surface area (TPSA) is 47.0 Å². The Morgan fingerprint density at radius 2 is 2.00 bits per heavy atom. The molecule has 0 aliphatic carbocycles. The minimum atomic E-state index is 0.630. The summed E-state index contributed by atoms with van der Waals surface area (Å²) in [5.74, 6) is 2.17. The van der Waals surface area contributed by atoms with Gasteiger partial charge in [0.2, 0.25) is 0 Å². The minimum absolute atomic E-state index is 0.630.